The highest BCUT2D eigenvalue weighted by Crippen LogP contribution is 2.17. The summed E-state index contributed by atoms with van der Waals surface area (Å²) in [7, 11) is 0. The minimum Gasteiger partial charge on any atom is -0.478 e. The van der Waals surface area contributed by atoms with E-state index in [1.807, 2.05) is 24.3 Å². The number of aromatic nitrogens is 1. The van der Waals surface area contributed by atoms with Crippen LogP contribution in [-0.4, -0.2) is 22.6 Å². The molecule has 0 saturated heterocycles. The molecule has 0 atom stereocenters. The number of benzene rings is 1. The standard InChI is InChI=1S/C14H14N2O2.2ClH/c15-8-7-10-1-3-11(4-2-10)13-6-5-12(9-16-13)14(17)18;;/h1-6,9H,7-8,15H2,(H,17,18);2*1H. The maximum absolute atomic E-state index is 10.7. The minimum absolute atomic E-state index is 0. The molecule has 0 spiro atoms. The quantitative estimate of drug-likeness (QED) is 0.909. The van der Waals surface area contributed by atoms with Gasteiger partial charge in [0.15, 0.2) is 0 Å². The zero-order chi connectivity index (χ0) is 13.0. The fourth-order valence-corrected chi connectivity index (χ4v) is 1.70. The molecule has 0 aliphatic rings. The molecule has 1 aromatic heterocycles. The van der Waals surface area contributed by atoms with E-state index in [0.717, 1.165) is 17.7 Å². The molecular formula is C14H16Cl2N2O2. The monoisotopic (exact) mass is 314 g/mol. The molecule has 2 rings (SSSR count). The fourth-order valence-electron chi connectivity index (χ4n) is 1.70. The Morgan fingerprint density at radius 3 is 2.20 bits per heavy atom. The predicted octanol–water partition coefficient (Wildman–Crippen LogP) is 2.79. The zero-order valence-corrected chi connectivity index (χ0v) is 12.3. The maximum Gasteiger partial charge on any atom is 0.337 e. The van der Waals surface area contributed by atoms with Gasteiger partial charge in [-0.05, 0) is 30.7 Å². The number of halogens is 2. The van der Waals surface area contributed by atoms with E-state index in [1.54, 1.807) is 12.1 Å². The molecule has 0 saturated carbocycles. The topological polar surface area (TPSA) is 76.2 Å². The summed E-state index contributed by atoms with van der Waals surface area (Å²) < 4.78 is 0. The lowest BCUT2D eigenvalue weighted by Crippen LogP contribution is -2.02. The lowest BCUT2D eigenvalue weighted by molar-refractivity contribution is 0.0696. The van der Waals surface area contributed by atoms with Gasteiger partial charge >= 0.3 is 5.97 Å². The van der Waals surface area contributed by atoms with Gasteiger partial charge in [0.1, 0.15) is 0 Å². The first-order chi connectivity index (χ1) is 8.70. The van der Waals surface area contributed by atoms with Gasteiger partial charge < -0.3 is 10.8 Å². The normalized spacial score (nSPS) is 9.25. The third-order valence-electron chi connectivity index (χ3n) is 2.69. The van der Waals surface area contributed by atoms with Crippen molar-refractivity contribution in [3.05, 3.63) is 53.7 Å². The number of pyridine rings is 1. The molecule has 3 N–H and O–H groups in total. The van der Waals surface area contributed by atoms with Gasteiger partial charge in [-0.2, -0.15) is 0 Å². The summed E-state index contributed by atoms with van der Waals surface area (Å²) in [5.74, 6) is -0.965. The number of rotatable bonds is 4. The van der Waals surface area contributed by atoms with Crippen LogP contribution in [0.1, 0.15) is 15.9 Å². The van der Waals surface area contributed by atoms with Gasteiger partial charge in [0.2, 0.25) is 0 Å². The van der Waals surface area contributed by atoms with Crippen LogP contribution in [0.3, 0.4) is 0 Å². The summed E-state index contributed by atoms with van der Waals surface area (Å²) in [5, 5.41) is 8.79. The number of carboxylic acids is 1. The van der Waals surface area contributed by atoms with E-state index in [1.165, 1.54) is 11.8 Å². The second-order valence-electron chi connectivity index (χ2n) is 3.97. The van der Waals surface area contributed by atoms with Crippen molar-refractivity contribution < 1.29 is 9.90 Å². The van der Waals surface area contributed by atoms with E-state index < -0.39 is 5.97 Å². The highest BCUT2D eigenvalue weighted by molar-refractivity contribution is 5.87. The molecule has 0 unspecified atom stereocenters. The number of nitrogens with zero attached hydrogens (tertiary/aromatic N) is 1. The Kier molecular flexibility index (Phi) is 7.84. The summed E-state index contributed by atoms with van der Waals surface area (Å²) in [6.07, 6.45) is 2.22. The number of hydrogen-bond acceptors (Lipinski definition) is 3. The first-order valence-corrected chi connectivity index (χ1v) is 5.69. The summed E-state index contributed by atoms with van der Waals surface area (Å²) in [4.78, 5) is 14.9. The molecule has 0 aliphatic carbocycles. The summed E-state index contributed by atoms with van der Waals surface area (Å²) >= 11 is 0. The lowest BCUT2D eigenvalue weighted by atomic mass is 10.1. The highest BCUT2D eigenvalue weighted by atomic mass is 35.5. The van der Waals surface area contributed by atoms with E-state index in [-0.39, 0.29) is 30.4 Å². The number of aromatic carboxylic acids is 1. The van der Waals surface area contributed by atoms with Crippen LogP contribution in [0, 0.1) is 0 Å². The molecule has 0 aliphatic heterocycles. The van der Waals surface area contributed by atoms with Crippen LogP contribution in [-0.2, 0) is 6.42 Å². The Labute approximate surface area is 129 Å². The van der Waals surface area contributed by atoms with Gasteiger partial charge in [-0.15, -0.1) is 24.8 Å². The van der Waals surface area contributed by atoms with Crippen molar-refractivity contribution in [1.29, 1.82) is 0 Å². The summed E-state index contributed by atoms with van der Waals surface area (Å²) in [6.45, 7) is 0.630. The van der Waals surface area contributed by atoms with Crippen molar-refractivity contribution in [2.45, 2.75) is 6.42 Å². The van der Waals surface area contributed by atoms with Crippen LogP contribution >= 0.6 is 24.8 Å². The molecular weight excluding hydrogens is 299 g/mol. The van der Waals surface area contributed by atoms with E-state index in [4.69, 9.17) is 10.8 Å². The lowest BCUT2D eigenvalue weighted by Gasteiger charge is -2.03. The predicted molar refractivity (Wildman–Crippen MR) is 83.9 cm³/mol. The van der Waals surface area contributed by atoms with Crippen molar-refractivity contribution in [2.24, 2.45) is 5.73 Å². The first kappa shape index (κ1) is 18.4. The van der Waals surface area contributed by atoms with Gasteiger partial charge in [0.05, 0.1) is 11.3 Å². The van der Waals surface area contributed by atoms with E-state index >= 15 is 0 Å². The van der Waals surface area contributed by atoms with Gasteiger partial charge in [0, 0.05) is 11.8 Å². The second kappa shape index (κ2) is 8.53. The van der Waals surface area contributed by atoms with Crippen molar-refractivity contribution in [3.63, 3.8) is 0 Å². The molecule has 20 heavy (non-hydrogen) atoms. The Hall–Kier alpha value is -1.62. The minimum atomic E-state index is -0.965. The molecule has 108 valence electrons. The molecule has 4 nitrogen and oxygen atoms in total. The van der Waals surface area contributed by atoms with Gasteiger partial charge in [-0.1, -0.05) is 24.3 Å². The first-order valence-electron chi connectivity index (χ1n) is 5.69. The zero-order valence-electron chi connectivity index (χ0n) is 10.7. The van der Waals surface area contributed by atoms with Crippen LogP contribution in [0.25, 0.3) is 11.3 Å². The van der Waals surface area contributed by atoms with Gasteiger partial charge in [-0.25, -0.2) is 4.79 Å². The van der Waals surface area contributed by atoms with Gasteiger partial charge in [0.25, 0.3) is 0 Å². The largest absolute Gasteiger partial charge is 0.478 e. The average Bonchev–Trinajstić information content (AvgIpc) is 2.40. The number of carbonyl (C=O) groups is 1. The Morgan fingerprint density at radius 1 is 1.10 bits per heavy atom. The van der Waals surface area contributed by atoms with Crippen LogP contribution in [0.15, 0.2) is 42.6 Å². The van der Waals surface area contributed by atoms with E-state index in [9.17, 15) is 4.79 Å². The molecule has 1 heterocycles. The molecule has 0 bridgehead atoms. The number of hydrogen-bond donors (Lipinski definition) is 2. The SMILES string of the molecule is Cl.Cl.NCCc1ccc(-c2ccc(C(=O)O)cn2)cc1. The second-order valence-corrected chi connectivity index (χ2v) is 3.97. The van der Waals surface area contributed by atoms with Crippen molar-refractivity contribution >= 4 is 30.8 Å². The van der Waals surface area contributed by atoms with E-state index in [2.05, 4.69) is 4.98 Å². The average molecular weight is 315 g/mol. The van der Waals surface area contributed by atoms with Crippen LogP contribution in [0.2, 0.25) is 0 Å². The van der Waals surface area contributed by atoms with E-state index in [0.29, 0.717) is 6.54 Å². The highest BCUT2D eigenvalue weighted by Gasteiger charge is 2.04. The Morgan fingerprint density at radius 2 is 1.75 bits per heavy atom. The van der Waals surface area contributed by atoms with Crippen molar-refractivity contribution in [1.82, 2.24) is 4.98 Å². The Balaban J connectivity index is 0.00000180. The maximum atomic E-state index is 10.7. The van der Waals surface area contributed by atoms with Crippen molar-refractivity contribution in [2.75, 3.05) is 6.54 Å². The third kappa shape index (κ3) is 4.49. The third-order valence-corrected chi connectivity index (χ3v) is 2.69. The van der Waals surface area contributed by atoms with Crippen LogP contribution in [0.5, 0.6) is 0 Å². The molecule has 0 radical (unpaired) electrons. The smallest absolute Gasteiger partial charge is 0.337 e. The van der Waals surface area contributed by atoms with Gasteiger partial charge in [-0.3, -0.25) is 4.98 Å². The Bertz CT molecular complexity index is 542. The molecule has 1 aromatic carbocycles. The number of nitrogens with two attached hydrogens (primary N) is 1. The van der Waals surface area contributed by atoms with Crippen molar-refractivity contribution in [3.8, 4) is 11.3 Å². The molecule has 6 heteroatoms. The fraction of sp³-hybridized carbons (Fsp3) is 0.143. The summed E-state index contributed by atoms with van der Waals surface area (Å²) in [5.41, 5.74) is 8.59. The van der Waals surface area contributed by atoms with Crippen LogP contribution < -0.4 is 5.73 Å². The number of carboxylic acid groups (broad SMARTS) is 1. The molecule has 2 aromatic rings. The van der Waals surface area contributed by atoms with Crippen LogP contribution in [0.4, 0.5) is 0 Å². The molecule has 0 fully saturated rings. The molecule has 0 amide bonds. The summed E-state index contributed by atoms with van der Waals surface area (Å²) in [6, 6.07) is 11.2.